The zero-order valence-corrected chi connectivity index (χ0v) is 14.2. The Morgan fingerprint density at radius 2 is 1.84 bits per heavy atom. The van der Waals surface area contributed by atoms with Crippen LogP contribution in [0.1, 0.15) is 61.3 Å². The molecular formula is C17H36N2. The van der Waals surface area contributed by atoms with Gasteiger partial charge in [-0.15, -0.1) is 0 Å². The fourth-order valence-corrected chi connectivity index (χ4v) is 3.08. The highest BCUT2D eigenvalue weighted by atomic mass is 14.9. The molecule has 114 valence electrons. The minimum atomic E-state index is 0.354. The molecule has 1 fully saturated rings. The Kier molecular flexibility index (Phi) is 5.48. The van der Waals surface area contributed by atoms with E-state index in [1.165, 1.54) is 12.8 Å². The summed E-state index contributed by atoms with van der Waals surface area (Å²) < 4.78 is 0. The van der Waals surface area contributed by atoms with Crippen molar-refractivity contribution in [3.05, 3.63) is 0 Å². The maximum Gasteiger partial charge on any atom is 0.00698 e. The summed E-state index contributed by atoms with van der Waals surface area (Å²) in [6.45, 7) is 18.7. The first kappa shape index (κ1) is 17.0. The Bertz CT molecular complexity index is 281. The van der Waals surface area contributed by atoms with Crippen molar-refractivity contribution in [3.63, 3.8) is 0 Å². The van der Waals surface area contributed by atoms with Gasteiger partial charge in [-0.3, -0.25) is 0 Å². The lowest BCUT2D eigenvalue weighted by atomic mass is 9.61. The van der Waals surface area contributed by atoms with Crippen molar-refractivity contribution in [3.8, 4) is 0 Å². The summed E-state index contributed by atoms with van der Waals surface area (Å²) in [5.74, 6) is 2.09. The molecule has 0 radical (unpaired) electrons. The largest absolute Gasteiger partial charge is 0.327 e. The molecule has 0 aliphatic heterocycles. The van der Waals surface area contributed by atoms with Gasteiger partial charge in [0.2, 0.25) is 0 Å². The standard InChI is InChI=1S/C17H36N2/c1-12(2)16(4,5)11-19-10-14-8-9-15(18)13(3)17(14,6)7/h12-15,19H,8-11,18H2,1-7H3. The van der Waals surface area contributed by atoms with Crippen LogP contribution >= 0.6 is 0 Å². The van der Waals surface area contributed by atoms with Crippen LogP contribution in [0.2, 0.25) is 0 Å². The number of hydrogen-bond donors (Lipinski definition) is 2. The van der Waals surface area contributed by atoms with Gasteiger partial charge in [0.05, 0.1) is 0 Å². The van der Waals surface area contributed by atoms with Crippen LogP contribution in [0.25, 0.3) is 0 Å². The van der Waals surface area contributed by atoms with Gasteiger partial charge < -0.3 is 11.1 Å². The quantitative estimate of drug-likeness (QED) is 0.798. The molecule has 1 rings (SSSR count). The van der Waals surface area contributed by atoms with E-state index in [2.05, 4.69) is 53.8 Å². The molecule has 0 heterocycles. The molecule has 3 atom stereocenters. The number of nitrogens with two attached hydrogens (primary N) is 1. The maximum absolute atomic E-state index is 6.23. The summed E-state index contributed by atoms with van der Waals surface area (Å²) in [6, 6.07) is 0.387. The SMILES string of the molecule is CC(C)C(C)(C)CNCC1CCC(N)C(C)C1(C)C. The highest BCUT2D eigenvalue weighted by Gasteiger charge is 2.41. The normalized spacial score (nSPS) is 31.7. The molecule has 3 unspecified atom stereocenters. The Hall–Kier alpha value is -0.0800. The first-order valence-electron chi connectivity index (χ1n) is 8.05. The smallest absolute Gasteiger partial charge is 0.00698 e. The van der Waals surface area contributed by atoms with Crippen molar-refractivity contribution in [1.29, 1.82) is 0 Å². The van der Waals surface area contributed by atoms with Crippen molar-refractivity contribution < 1.29 is 0 Å². The monoisotopic (exact) mass is 268 g/mol. The van der Waals surface area contributed by atoms with Crippen LogP contribution in [0.15, 0.2) is 0 Å². The zero-order chi connectivity index (χ0) is 14.8. The van der Waals surface area contributed by atoms with Gasteiger partial charge in [-0.05, 0) is 48.0 Å². The van der Waals surface area contributed by atoms with E-state index in [1.54, 1.807) is 0 Å². The van der Waals surface area contributed by atoms with Crippen LogP contribution in [0.5, 0.6) is 0 Å². The van der Waals surface area contributed by atoms with Crippen molar-refractivity contribution in [2.45, 2.75) is 67.3 Å². The third kappa shape index (κ3) is 3.95. The Labute approximate surface area is 120 Å². The van der Waals surface area contributed by atoms with Crippen LogP contribution in [0.3, 0.4) is 0 Å². The van der Waals surface area contributed by atoms with Crippen molar-refractivity contribution in [2.24, 2.45) is 34.3 Å². The molecule has 0 saturated heterocycles. The van der Waals surface area contributed by atoms with Gasteiger partial charge in [0.1, 0.15) is 0 Å². The molecule has 1 saturated carbocycles. The van der Waals surface area contributed by atoms with Gasteiger partial charge in [-0.2, -0.15) is 0 Å². The second-order valence-electron chi connectivity index (χ2n) is 8.32. The van der Waals surface area contributed by atoms with E-state index >= 15 is 0 Å². The number of hydrogen-bond acceptors (Lipinski definition) is 2. The number of nitrogens with one attached hydrogen (secondary N) is 1. The molecule has 0 aromatic heterocycles. The molecule has 19 heavy (non-hydrogen) atoms. The zero-order valence-electron chi connectivity index (χ0n) is 14.2. The van der Waals surface area contributed by atoms with Gasteiger partial charge in [-0.1, -0.05) is 48.5 Å². The molecule has 3 N–H and O–H groups in total. The molecule has 0 bridgehead atoms. The summed E-state index contributed by atoms with van der Waals surface area (Å²) in [4.78, 5) is 0. The fraction of sp³-hybridized carbons (Fsp3) is 1.00. The molecule has 0 aromatic carbocycles. The lowest BCUT2D eigenvalue weighted by Gasteiger charge is -2.47. The van der Waals surface area contributed by atoms with Gasteiger partial charge in [0.25, 0.3) is 0 Å². The molecule has 0 amide bonds. The number of rotatable bonds is 5. The Morgan fingerprint density at radius 1 is 1.26 bits per heavy atom. The molecule has 1 aliphatic rings. The lowest BCUT2D eigenvalue weighted by molar-refractivity contribution is 0.0516. The van der Waals surface area contributed by atoms with E-state index in [0.717, 1.165) is 19.0 Å². The molecule has 0 aromatic rings. The minimum Gasteiger partial charge on any atom is -0.327 e. The highest BCUT2D eigenvalue weighted by molar-refractivity contribution is 4.94. The summed E-state index contributed by atoms with van der Waals surface area (Å²) in [5.41, 5.74) is 6.96. The summed E-state index contributed by atoms with van der Waals surface area (Å²) >= 11 is 0. The van der Waals surface area contributed by atoms with Crippen LogP contribution in [0, 0.1) is 28.6 Å². The Balaban J connectivity index is 2.50. The average Bonchev–Trinajstić information content (AvgIpc) is 2.29. The third-order valence-electron chi connectivity index (χ3n) is 6.25. The van der Waals surface area contributed by atoms with E-state index in [9.17, 15) is 0 Å². The lowest BCUT2D eigenvalue weighted by Crippen LogP contribution is -2.50. The van der Waals surface area contributed by atoms with Crippen LogP contribution in [-0.4, -0.2) is 19.1 Å². The third-order valence-corrected chi connectivity index (χ3v) is 6.25. The summed E-state index contributed by atoms with van der Waals surface area (Å²) in [7, 11) is 0. The molecule has 1 aliphatic carbocycles. The van der Waals surface area contributed by atoms with E-state index < -0.39 is 0 Å². The van der Waals surface area contributed by atoms with E-state index in [1.807, 2.05) is 0 Å². The van der Waals surface area contributed by atoms with Crippen molar-refractivity contribution >= 4 is 0 Å². The van der Waals surface area contributed by atoms with Crippen LogP contribution in [-0.2, 0) is 0 Å². The first-order chi connectivity index (χ1) is 8.59. The van der Waals surface area contributed by atoms with E-state index in [4.69, 9.17) is 5.73 Å². The molecule has 2 nitrogen and oxygen atoms in total. The molecule has 0 spiro atoms. The van der Waals surface area contributed by atoms with Crippen LogP contribution in [0.4, 0.5) is 0 Å². The van der Waals surface area contributed by atoms with Crippen LogP contribution < -0.4 is 11.1 Å². The van der Waals surface area contributed by atoms with Gasteiger partial charge in [0, 0.05) is 12.6 Å². The molecular weight excluding hydrogens is 232 g/mol. The van der Waals surface area contributed by atoms with Gasteiger partial charge in [-0.25, -0.2) is 0 Å². The Morgan fingerprint density at radius 3 is 2.37 bits per heavy atom. The fourth-order valence-electron chi connectivity index (χ4n) is 3.08. The highest BCUT2D eigenvalue weighted by Crippen LogP contribution is 2.44. The van der Waals surface area contributed by atoms with E-state index in [-0.39, 0.29) is 0 Å². The summed E-state index contributed by atoms with van der Waals surface area (Å²) in [5, 5.41) is 3.73. The minimum absolute atomic E-state index is 0.354. The molecule has 2 heteroatoms. The summed E-state index contributed by atoms with van der Waals surface area (Å²) in [6.07, 6.45) is 2.46. The predicted molar refractivity (Wildman–Crippen MR) is 85.1 cm³/mol. The first-order valence-corrected chi connectivity index (χ1v) is 8.05. The predicted octanol–water partition coefficient (Wildman–Crippen LogP) is 3.66. The average molecular weight is 268 g/mol. The topological polar surface area (TPSA) is 38.0 Å². The van der Waals surface area contributed by atoms with Crippen molar-refractivity contribution in [2.75, 3.05) is 13.1 Å². The second-order valence-corrected chi connectivity index (χ2v) is 8.32. The van der Waals surface area contributed by atoms with Gasteiger partial charge in [0.15, 0.2) is 0 Å². The second kappa shape index (κ2) is 6.13. The maximum atomic E-state index is 6.23. The van der Waals surface area contributed by atoms with Gasteiger partial charge >= 0.3 is 0 Å². The van der Waals surface area contributed by atoms with Crippen molar-refractivity contribution in [1.82, 2.24) is 5.32 Å². The van der Waals surface area contributed by atoms with E-state index in [0.29, 0.717) is 28.7 Å².